The van der Waals surface area contributed by atoms with Crippen LogP contribution in [0.15, 0.2) is 59.7 Å². The Bertz CT molecular complexity index is 832. The Labute approximate surface area is 231 Å². The van der Waals surface area contributed by atoms with Crippen LogP contribution in [0, 0.1) is 20.8 Å². The lowest BCUT2D eigenvalue weighted by Crippen LogP contribution is -2.01. The molecule has 0 saturated carbocycles. The lowest BCUT2D eigenvalue weighted by atomic mass is 9.88. The standard InChI is InChI=1S/C15H20.C8H10.C6H14.C3H6O.C2H4O.CH4/c1-12-7-3-5-9-14(12)11-15-10-6-4-8-13(15)2;1-7-5-3-4-6-8(7)2;1-3-5-6-4-2;1-3(2)4;1-2-3;/h3,5,7,9H,4,6,8,10-11H2,1-2H3;3-6H,1-2H3;3-6H2,1-2H3;1-2H3;2H,1H3;1H4. The second-order valence-electron chi connectivity index (χ2n) is 9.63. The molecule has 2 aromatic carbocycles. The summed E-state index contributed by atoms with van der Waals surface area (Å²) in [6.07, 6.45) is 12.9. The Hall–Kier alpha value is -2.48. The second kappa shape index (κ2) is 26.6. The van der Waals surface area contributed by atoms with E-state index in [9.17, 15) is 4.79 Å². The predicted octanol–water partition coefficient (Wildman–Crippen LogP) is 10.8. The van der Waals surface area contributed by atoms with E-state index >= 15 is 0 Å². The van der Waals surface area contributed by atoms with E-state index in [0.29, 0.717) is 0 Å². The highest BCUT2D eigenvalue weighted by Gasteiger charge is 2.10. The summed E-state index contributed by atoms with van der Waals surface area (Å²) >= 11 is 0. The SMILES string of the molecule is C.CC(C)=O.CC1=C(Cc2ccccc2C)CCCC1.CC=O.CCCCCC.Cc1ccccc1C. The number of unbranched alkanes of at least 4 members (excludes halogenated alkanes) is 3. The number of rotatable bonds is 5. The van der Waals surface area contributed by atoms with Crippen LogP contribution in [-0.2, 0) is 16.0 Å². The van der Waals surface area contributed by atoms with Crippen LogP contribution in [0.2, 0.25) is 0 Å². The van der Waals surface area contributed by atoms with Crippen molar-refractivity contribution < 1.29 is 9.59 Å². The molecule has 0 amide bonds. The first-order valence-electron chi connectivity index (χ1n) is 13.8. The summed E-state index contributed by atoms with van der Waals surface area (Å²) in [6.45, 7) is 17.7. The zero-order chi connectivity index (χ0) is 27.8. The summed E-state index contributed by atoms with van der Waals surface area (Å²) in [4.78, 5) is 18.2. The lowest BCUT2D eigenvalue weighted by molar-refractivity contribution is -0.115. The fraction of sp³-hybridized carbons (Fsp3) is 0.543. The fourth-order valence-electron chi connectivity index (χ4n) is 3.56. The van der Waals surface area contributed by atoms with E-state index in [2.05, 4.69) is 90.1 Å². The third-order valence-electron chi connectivity index (χ3n) is 5.93. The molecular formula is C35H58O2. The van der Waals surface area contributed by atoms with Crippen LogP contribution in [-0.4, -0.2) is 12.1 Å². The van der Waals surface area contributed by atoms with Gasteiger partial charge >= 0.3 is 0 Å². The monoisotopic (exact) mass is 510 g/mol. The van der Waals surface area contributed by atoms with Crippen LogP contribution >= 0.6 is 0 Å². The molecule has 0 spiro atoms. The van der Waals surface area contributed by atoms with Gasteiger partial charge in [0.25, 0.3) is 0 Å². The minimum Gasteiger partial charge on any atom is -0.304 e. The molecule has 37 heavy (non-hydrogen) atoms. The quantitative estimate of drug-likeness (QED) is 0.228. The summed E-state index contributed by atoms with van der Waals surface area (Å²) in [5, 5.41) is 0. The minimum atomic E-state index is 0. The molecule has 0 saturated heterocycles. The zero-order valence-electron chi connectivity index (χ0n) is 24.9. The summed E-state index contributed by atoms with van der Waals surface area (Å²) in [7, 11) is 0. The largest absolute Gasteiger partial charge is 0.304 e. The van der Waals surface area contributed by atoms with Gasteiger partial charge in [0, 0.05) is 0 Å². The van der Waals surface area contributed by atoms with E-state index in [-0.39, 0.29) is 13.2 Å². The second-order valence-corrected chi connectivity index (χ2v) is 9.63. The first-order valence-corrected chi connectivity index (χ1v) is 13.8. The van der Waals surface area contributed by atoms with E-state index in [0.717, 1.165) is 6.29 Å². The van der Waals surface area contributed by atoms with Gasteiger partial charge in [-0.15, -0.1) is 0 Å². The number of Topliss-reactive ketones (excluding diaryl/α,β-unsaturated/α-hetero) is 1. The molecule has 0 N–H and O–H groups in total. The van der Waals surface area contributed by atoms with Crippen molar-refractivity contribution in [2.75, 3.05) is 0 Å². The molecule has 0 atom stereocenters. The number of ketones is 1. The maximum atomic E-state index is 9.44. The van der Waals surface area contributed by atoms with Crippen molar-refractivity contribution in [3.05, 3.63) is 81.9 Å². The maximum Gasteiger partial charge on any atom is 0.126 e. The molecular weight excluding hydrogens is 452 g/mol. The number of benzene rings is 2. The van der Waals surface area contributed by atoms with Gasteiger partial charge in [0.1, 0.15) is 12.1 Å². The Morgan fingerprint density at radius 3 is 1.49 bits per heavy atom. The molecule has 1 aliphatic carbocycles. The summed E-state index contributed by atoms with van der Waals surface area (Å²) in [5.74, 6) is 0.167. The van der Waals surface area contributed by atoms with Crippen LogP contribution in [0.5, 0.6) is 0 Å². The normalized spacial score (nSPS) is 11.4. The predicted molar refractivity (Wildman–Crippen MR) is 167 cm³/mol. The first kappa shape index (κ1) is 39.0. The summed E-state index contributed by atoms with van der Waals surface area (Å²) < 4.78 is 0. The van der Waals surface area contributed by atoms with Crippen LogP contribution in [0.3, 0.4) is 0 Å². The topological polar surface area (TPSA) is 34.1 Å². The molecule has 0 bridgehead atoms. The highest BCUT2D eigenvalue weighted by molar-refractivity contribution is 5.72. The number of allylic oxidation sites excluding steroid dienone is 2. The van der Waals surface area contributed by atoms with Crippen molar-refractivity contribution in [2.24, 2.45) is 0 Å². The van der Waals surface area contributed by atoms with Gasteiger partial charge < -0.3 is 9.59 Å². The Kier molecular flexibility index (Phi) is 28.0. The number of aldehydes is 1. The van der Waals surface area contributed by atoms with E-state index < -0.39 is 0 Å². The molecule has 210 valence electrons. The molecule has 1 aliphatic rings. The smallest absolute Gasteiger partial charge is 0.126 e. The van der Waals surface area contributed by atoms with E-state index in [4.69, 9.17) is 4.79 Å². The number of hydrogen-bond donors (Lipinski definition) is 0. The minimum absolute atomic E-state index is 0. The molecule has 0 fully saturated rings. The Morgan fingerprint density at radius 1 is 0.757 bits per heavy atom. The number of hydrogen-bond acceptors (Lipinski definition) is 2. The van der Waals surface area contributed by atoms with Gasteiger partial charge in [-0.2, -0.15) is 0 Å². The Morgan fingerprint density at radius 2 is 1.14 bits per heavy atom. The van der Waals surface area contributed by atoms with Crippen LogP contribution in [0.1, 0.15) is 123 Å². The Balaban J connectivity index is -0.000000447. The van der Waals surface area contributed by atoms with Gasteiger partial charge in [-0.05, 0) is 103 Å². The lowest BCUT2D eigenvalue weighted by Gasteiger charge is -2.18. The third kappa shape index (κ3) is 23.7. The van der Waals surface area contributed by atoms with Crippen LogP contribution in [0.25, 0.3) is 0 Å². The fourth-order valence-corrected chi connectivity index (χ4v) is 3.56. The number of aryl methyl sites for hydroxylation is 3. The molecule has 0 unspecified atom stereocenters. The first-order chi connectivity index (χ1) is 17.1. The third-order valence-corrected chi connectivity index (χ3v) is 5.93. The van der Waals surface area contributed by atoms with Crippen molar-refractivity contribution >= 4 is 12.1 Å². The van der Waals surface area contributed by atoms with E-state index in [1.807, 2.05) is 0 Å². The maximum absolute atomic E-state index is 9.44. The van der Waals surface area contributed by atoms with Crippen molar-refractivity contribution in [3.63, 3.8) is 0 Å². The molecule has 0 radical (unpaired) electrons. The van der Waals surface area contributed by atoms with Gasteiger partial charge in [-0.3, -0.25) is 0 Å². The van der Waals surface area contributed by atoms with Gasteiger partial charge in [-0.1, -0.05) is 107 Å². The average Bonchev–Trinajstić information content (AvgIpc) is 2.83. The zero-order valence-corrected chi connectivity index (χ0v) is 24.9. The highest BCUT2D eigenvalue weighted by atomic mass is 16.1. The van der Waals surface area contributed by atoms with Gasteiger partial charge in [0.15, 0.2) is 0 Å². The van der Waals surface area contributed by atoms with Crippen molar-refractivity contribution in [1.29, 1.82) is 0 Å². The van der Waals surface area contributed by atoms with E-state index in [1.54, 1.807) is 11.1 Å². The van der Waals surface area contributed by atoms with Crippen LogP contribution in [0.4, 0.5) is 0 Å². The van der Waals surface area contributed by atoms with Crippen LogP contribution < -0.4 is 0 Å². The number of carbonyl (C=O) groups excluding carboxylic acids is 2. The summed E-state index contributed by atoms with van der Waals surface area (Å²) in [6, 6.07) is 17.1. The molecule has 2 aromatic rings. The average molecular weight is 511 g/mol. The summed E-state index contributed by atoms with van der Waals surface area (Å²) in [5.41, 5.74) is 9.01. The van der Waals surface area contributed by atoms with Crippen molar-refractivity contribution in [3.8, 4) is 0 Å². The van der Waals surface area contributed by atoms with Crippen molar-refractivity contribution in [1.82, 2.24) is 0 Å². The van der Waals surface area contributed by atoms with E-state index in [1.165, 1.54) is 101 Å². The van der Waals surface area contributed by atoms with Gasteiger partial charge in [0.2, 0.25) is 0 Å². The molecule has 0 heterocycles. The van der Waals surface area contributed by atoms with Gasteiger partial charge in [0.05, 0.1) is 0 Å². The molecule has 2 heteroatoms. The van der Waals surface area contributed by atoms with Gasteiger partial charge in [-0.25, -0.2) is 0 Å². The molecule has 2 nitrogen and oxygen atoms in total. The number of carbonyl (C=O) groups is 2. The molecule has 3 rings (SSSR count). The highest BCUT2D eigenvalue weighted by Crippen LogP contribution is 2.27. The van der Waals surface area contributed by atoms with Crippen molar-refractivity contribution in [2.45, 2.75) is 128 Å². The molecule has 0 aromatic heterocycles. The molecule has 0 aliphatic heterocycles.